The number of nitrogens with zero attached hydrogens (tertiary/aromatic N) is 3. The van der Waals surface area contributed by atoms with Gasteiger partial charge in [0.25, 0.3) is 10.0 Å². The Hall–Kier alpha value is -3.20. The third-order valence-electron chi connectivity index (χ3n) is 3.55. The molecule has 0 saturated carbocycles. The molecule has 0 amide bonds. The van der Waals surface area contributed by atoms with Crippen molar-refractivity contribution in [1.82, 2.24) is 4.98 Å². The van der Waals surface area contributed by atoms with E-state index in [1.807, 2.05) is 0 Å². The Balaban J connectivity index is 2.14. The van der Waals surface area contributed by atoms with Crippen LogP contribution in [0.15, 0.2) is 69.5 Å². The van der Waals surface area contributed by atoms with E-state index in [0.29, 0.717) is 22.6 Å². The molecule has 1 heterocycles. The molecule has 0 aliphatic rings. The second-order valence-electron chi connectivity index (χ2n) is 5.80. The minimum absolute atomic E-state index is 0.0860. The molecule has 1 aromatic heterocycles. The predicted molar refractivity (Wildman–Crippen MR) is 106 cm³/mol. The number of benzene rings is 1. The summed E-state index contributed by atoms with van der Waals surface area (Å²) in [6.45, 7) is 4.87. The van der Waals surface area contributed by atoms with Crippen molar-refractivity contribution >= 4 is 27.2 Å². The molecule has 0 saturated heterocycles. The fourth-order valence-electron chi connectivity index (χ4n) is 1.92. The SMILES string of the molecule is C/C(=C\C=C(/C)S(=O)(=O)Nc1ccccn1)N=Nc1cc(C)c(O)cc1N. The highest BCUT2D eigenvalue weighted by molar-refractivity contribution is 7.96. The van der Waals surface area contributed by atoms with E-state index >= 15 is 0 Å². The lowest BCUT2D eigenvalue weighted by atomic mass is 10.2. The van der Waals surface area contributed by atoms with Crippen LogP contribution >= 0.6 is 0 Å². The minimum Gasteiger partial charge on any atom is -0.508 e. The van der Waals surface area contributed by atoms with Crippen molar-refractivity contribution in [2.45, 2.75) is 20.8 Å². The highest BCUT2D eigenvalue weighted by Crippen LogP contribution is 2.30. The number of hydrogen-bond donors (Lipinski definition) is 3. The molecule has 0 atom stereocenters. The summed E-state index contributed by atoms with van der Waals surface area (Å²) in [5, 5.41) is 17.6. The smallest absolute Gasteiger partial charge is 0.258 e. The lowest BCUT2D eigenvalue weighted by Crippen LogP contribution is -2.14. The molecular weight excluding hydrogens is 366 g/mol. The van der Waals surface area contributed by atoms with Crippen molar-refractivity contribution in [3.8, 4) is 5.75 Å². The number of aromatic nitrogens is 1. The number of nitrogens with two attached hydrogens (primary N) is 1. The maximum absolute atomic E-state index is 12.3. The van der Waals surface area contributed by atoms with Crippen LogP contribution in [0.3, 0.4) is 0 Å². The maximum atomic E-state index is 12.3. The lowest BCUT2D eigenvalue weighted by Gasteiger charge is -2.06. The second kappa shape index (κ2) is 8.45. The lowest BCUT2D eigenvalue weighted by molar-refractivity contribution is 0.471. The third-order valence-corrected chi connectivity index (χ3v) is 5.01. The van der Waals surface area contributed by atoms with Crippen LogP contribution in [0.4, 0.5) is 17.2 Å². The number of phenols is 1. The van der Waals surface area contributed by atoms with Crippen molar-refractivity contribution in [2.24, 2.45) is 10.2 Å². The molecule has 27 heavy (non-hydrogen) atoms. The van der Waals surface area contributed by atoms with Crippen LogP contribution in [0.5, 0.6) is 5.75 Å². The molecule has 1 aromatic carbocycles. The summed E-state index contributed by atoms with van der Waals surface area (Å²) in [7, 11) is -3.71. The fraction of sp³-hybridized carbons (Fsp3) is 0.167. The van der Waals surface area contributed by atoms with Crippen LogP contribution in [0.25, 0.3) is 0 Å². The van der Waals surface area contributed by atoms with E-state index < -0.39 is 10.0 Å². The molecular formula is C18H21N5O3S. The zero-order valence-electron chi connectivity index (χ0n) is 15.2. The molecule has 8 nitrogen and oxygen atoms in total. The minimum atomic E-state index is -3.71. The van der Waals surface area contributed by atoms with Gasteiger partial charge in [-0.1, -0.05) is 6.07 Å². The molecule has 4 N–H and O–H groups in total. The Kier molecular flexibility index (Phi) is 6.30. The zero-order chi connectivity index (χ0) is 20.0. The van der Waals surface area contributed by atoms with Gasteiger partial charge in [0.15, 0.2) is 0 Å². The van der Waals surface area contributed by atoms with E-state index in [4.69, 9.17) is 5.73 Å². The normalized spacial score (nSPS) is 13.1. The number of allylic oxidation sites excluding steroid dienone is 4. The summed E-state index contributed by atoms with van der Waals surface area (Å²) in [4.78, 5) is 4.03. The van der Waals surface area contributed by atoms with Gasteiger partial charge in [0.05, 0.1) is 16.3 Å². The van der Waals surface area contributed by atoms with E-state index in [2.05, 4.69) is 19.9 Å². The largest absolute Gasteiger partial charge is 0.508 e. The number of sulfonamides is 1. The quantitative estimate of drug-likeness (QED) is 0.392. The first-order valence-corrected chi connectivity index (χ1v) is 9.47. The summed E-state index contributed by atoms with van der Waals surface area (Å²) in [5.74, 6) is 0.326. The van der Waals surface area contributed by atoms with Gasteiger partial charge in [0, 0.05) is 12.3 Å². The number of anilines is 2. The van der Waals surface area contributed by atoms with Gasteiger partial charge >= 0.3 is 0 Å². The Labute approximate surface area is 158 Å². The molecule has 2 aromatic rings. The summed E-state index contributed by atoms with van der Waals surface area (Å²) >= 11 is 0. The third kappa shape index (κ3) is 5.65. The van der Waals surface area contributed by atoms with E-state index in [-0.39, 0.29) is 16.5 Å². The summed E-state index contributed by atoms with van der Waals surface area (Å²) in [5.41, 5.74) is 7.61. The molecule has 9 heteroatoms. The molecule has 0 spiro atoms. The number of aromatic hydroxyl groups is 1. The highest BCUT2D eigenvalue weighted by atomic mass is 32.2. The number of aryl methyl sites for hydroxylation is 1. The molecule has 0 aliphatic heterocycles. The summed E-state index contributed by atoms with van der Waals surface area (Å²) in [6.07, 6.45) is 4.45. The summed E-state index contributed by atoms with van der Waals surface area (Å²) in [6, 6.07) is 7.96. The topological polar surface area (TPSA) is 130 Å². The van der Waals surface area contributed by atoms with Crippen LogP contribution in [0, 0.1) is 6.92 Å². The number of rotatable bonds is 6. The Morgan fingerprint density at radius 3 is 2.67 bits per heavy atom. The molecule has 0 radical (unpaired) electrons. The van der Waals surface area contributed by atoms with E-state index in [9.17, 15) is 13.5 Å². The van der Waals surface area contributed by atoms with E-state index in [1.54, 1.807) is 38.1 Å². The van der Waals surface area contributed by atoms with Gasteiger partial charge in [-0.15, -0.1) is 5.11 Å². The van der Waals surface area contributed by atoms with Gasteiger partial charge in [-0.05, 0) is 56.7 Å². The summed E-state index contributed by atoms with van der Waals surface area (Å²) < 4.78 is 26.9. The first-order chi connectivity index (χ1) is 12.7. The zero-order valence-corrected chi connectivity index (χ0v) is 16.0. The monoisotopic (exact) mass is 387 g/mol. The predicted octanol–water partition coefficient (Wildman–Crippen LogP) is 4.01. The number of pyridine rings is 1. The molecule has 0 fully saturated rings. The number of nitrogens with one attached hydrogen (secondary N) is 1. The van der Waals surface area contributed by atoms with Crippen LogP contribution in [0.1, 0.15) is 19.4 Å². The number of nitrogen functional groups attached to an aromatic ring is 1. The van der Waals surface area contributed by atoms with Crippen LogP contribution in [-0.2, 0) is 10.0 Å². The van der Waals surface area contributed by atoms with E-state index in [1.165, 1.54) is 31.3 Å². The highest BCUT2D eigenvalue weighted by Gasteiger charge is 2.13. The number of azo groups is 1. The average Bonchev–Trinajstić information content (AvgIpc) is 2.62. The van der Waals surface area contributed by atoms with Crippen molar-refractivity contribution in [3.63, 3.8) is 0 Å². The molecule has 2 rings (SSSR count). The Morgan fingerprint density at radius 2 is 2.00 bits per heavy atom. The van der Waals surface area contributed by atoms with E-state index in [0.717, 1.165) is 0 Å². The second-order valence-corrected chi connectivity index (χ2v) is 7.66. The molecule has 0 bridgehead atoms. The van der Waals surface area contributed by atoms with Crippen LogP contribution in [0.2, 0.25) is 0 Å². The van der Waals surface area contributed by atoms with Crippen LogP contribution < -0.4 is 10.5 Å². The maximum Gasteiger partial charge on any atom is 0.258 e. The first-order valence-electron chi connectivity index (χ1n) is 7.99. The standard InChI is InChI=1S/C18H21N5O3S/c1-12-10-16(15(19)11-17(12)24)22-21-13(2)7-8-14(3)27(25,26)23-18-6-4-5-9-20-18/h4-11,24H,19H2,1-3H3,(H,20,23)/b13-7+,14-8+,22-21?. The van der Waals surface area contributed by atoms with Gasteiger partial charge in [-0.25, -0.2) is 13.4 Å². The van der Waals surface area contributed by atoms with Gasteiger partial charge < -0.3 is 10.8 Å². The van der Waals surface area contributed by atoms with Crippen molar-refractivity contribution in [1.29, 1.82) is 0 Å². The van der Waals surface area contributed by atoms with Crippen molar-refractivity contribution < 1.29 is 13.5 Å². The number of hydrogen-bond acceptors (Lipinski definition) is 7. The van der Waals surface area contributed by atoms with Gasteiger partial charge in [0.2, 0.25) is 0 Å². The Morgan fingerprint density at radius 1 is 1.26 bits per heavy atom. The van der Waals surface area contributed by atoms with Gasteiger partial charge in [0.1, 0.15) is 17.3 Å². The van der Waals surface area contributed by atoms with Crippen molar-refractivity contribution in [2.75, 3.05) is 10.5 Å². The van der Waals surface area contributed by atoms with Crippen LogP contribution in [-0.4, -0.2) is 18.5 Å². The Bertz CT molecular complexity index is 1010. The number of phenolic OH excluding ortho intramolecular Hbond substituents is 1. The fourth-order valence-corrected chi connectivity index (χ4v) is 2.72. The van der Waals surface area contributed by atoms with Gasteiger partial charge in [-0.2, -0.15) is 5.11 Å². The molecule has 142 valence electrons. The molecule has 0 unspecified atom stereocenters. The first kappa shape index (κ1) is 20.1. The van der Waals surface area contributed by atoms with Crippen molar-refractivity contribution in [3.05, 3.63) is 64.8 Å². The average molecular weight is 387 g/mol. The molecule has 0 aliphatic carbocycles. The van der Waals surface area contributed by atoms with Gasteiger partial charge in [-0.3, -0.25) is 4.72 Å².